The predicted octanol–water partition coefficient (Wildman–Crippen LogP) is 1.83. The molecule has 1 saturated heterocycles. The minimum absolute atomic E-state index is 0.319. The Bertz CT molecular complexity index is 685. The molecule has 0 bridgehead atoms. The van der Waals surface area contributed by atoms with Crippen molar-refractivity contribution in [2.75, 3.05) is 13.2 Å². The summed E-state index contributed by atoms with van der Waals surface area (Å²) in [5.41, 5.74) is 3.03. The van der Waals surface area contributed by atoms with Crippen molar-refractivity contribution in [3.8, 4) is 5.75 Å². The maximum absolute atomic E-state index is 10.2. The van der Waals surface area contributed by atoms with Crippen molar-refractivity contribution in [1.29, 1.82) is 0 Å². The first-order valence-corrected chi connectivity index (χ1v) is 8.55. The molecule has 1 aliphatic heterocycles. The molecule has 4 atom stereocenters. The van der Waals surface area contributed by atoms with Crippen molar-refractivity contribution in [2.45, 2.75) is 37.8 Å². The third-order valence-corrected chi connectivity index (χ3v) is 4.46. The lowest BCUT2D eigenvalue weighted by Gasteiger charge is -2.16. The monoisotopic (exact) mass is 344 g/mol. The molecule has 1 aliphatic rings. The topological polar surface area (TPSA) is 79.2 Å². The minimum atomic E-state index is -1.08. The summed E-state index contributed by atoms with van der Waals surface area (Å²) in [6.45, 7) is 2.28. The quantitative estimate of drug-likeness (QED) is 0.745. The highest BCUT2D eigenvalue weighted by Crippen LogP contribution is 2.34. The number of benzene rings is 2. The van der Waals surface area contributed by atoms with E-state index in [9.17, 15) is 15.3 Å². The van der Waals surface area contributed by atoms with E-state index in [0.717, 1.165) is 28.9 Å². The first kappa shape index (κ1) is 17.9. The van der Waals surface area contributed by atoms with E-state index in [1.807, 2.05) is 55.5 Å². The highest BCUT2D eigenvalue weighted by molar-refractivity contribution is 5.34. The fraction of sp³-hybridized carbons (Fsp3) is 0.400. The highest BCUT2D eigenvalue weighted by Gasteiger charge is 2.42. The van der Waals surface area contributed by atoms with Crippen molar-refractivity contribution in [1.82, 2.24) is 0 Å². The lowest BCUT2D eigenvalue weighted by atomic mass is 9.97. The first-order chi connectivity index (χ1) is 12.1. The second kappa shape index (κ2) is 7.97. The number of hydrogen-bond donors (Lipinski definition) is 3. The zero-order chi connectivity index (χ0) is 17.8. The molecule has 134 valence electrons. The van der Waals surface area contributed by atoms with Crippen LogP contribution in [0, 0.1) is 0 Å². The van der Waals surface area contributed by atoms with Crippen LogP contribution < -0.4 is 4.74 Å². The van der Waals surface area contributed by atoms with E-state index in [1.165, 1.54) is 0 Å². The van der Waals surface area contributed by atoms with E-state index >= 15 is 0 Å². The van der Waals surface area contributed by atoms with Gasteiger partial charge >= 0.3 is 0 Å². The number of ether oxygens (including phenoxy) is 2. The van der Waals surface area contributed by atoms with Crippen LogP contribution in [-0.4, -0.2) is 46.8 Å². The average molecular weight is 344 g/mol. The van der Waals surface area contributed by atoms with Crippen LogP contribution in [-0.2, 0) is 11.2 Å². The molecule has 5 nitrogen and oxygen atoms in total. The number of aliphatic hydroxyl groups is 3. The van der Waals surface area contributed by atoms with E-state index in [1.54, 1.807) is 0 Å². The molecule has 0 saturated carbocycles. The molecule has 5 heteroatoms. The average Bonchev–Trinajstić information content (AvgIpc) is 2.92. The maximum Gasteiger partial charge on any atom is 0.119 e. The van der Waals surface area contributed by atoms with Crippen LogP contribution >= 0.6 is 0 Å². The van der Waals surface area contributed by atoms with Crippen molar-refractivity contribution in [3.05, 3.63) is 65.2 Å². The molecule has 0 aromatic heterocycles. The molecule has 0 radical (unpaired) electrons. The number of aliphatic hydroxyl groups excluding tert-OH is 3. The Morgan fingerprint density at radius 1 is 1.00 bits per heavy atom. The van der Waals surface area contributed by atoms with Crippen LogP contribution in [0.25, 0.3) is 0 Å². The Labute approximate surface area is 147 Å². The van der Waals surface area contributed by atoms with Crippen molar-refractivity contribution < 1.29 is 24.8 Å². The van der Waals surface area contributed by atoms with Gasteiger partial charge in [-0.3, -0.25) is 0 Å². The van der Waals surface area contributed by atoms with Crippen LogP contribution in [0.15, 0.2) is 48.5 Å². The first-order valence-electron chi connectivity index (χ1n) is 8.55. The van der Waals surface area contributed by atoms with E-state index in [2.05, 4.69) is 0 Å². The minimum Gasteiger partial charge on any atom is -0.494 e. The molecule has 2 aromatic carbocycles. The van der Waals surface area contributed by atoms with Gasteiger partial charge in [0.25, 0.3) is 0 Å². The lowest BCUT2D eigenvalue weighted by molar-refractivity contribution is -0.0227. The Morgan fingerprint density at radius 2 is 1.76 bits per heavy atom. The van der Waals surface area contributed by atoms with Gasteiger partial charge in [0, 0.05) is 0 Å². The van der Waals surface area contributed by atoms with Gasteiger partial charge in [-0.1, -0.05) is 36.4 Å². The van der Waals surface area contributed by atoms with Gasteiger partial charge in [0.15, 0.2) is 0 Å². The highest BCUT2D eigenvalue weighted by atomic mass is 16.6. The van der Waals surface area contributed by atoms with Crippen LogP contribution in [0.5, 0.6) is 5.75 Å². The van der Waals surface area contributed by atoms with Crippen LogP contribution in [0.4, 0.5) is 0 Å². The second-order valence-electron chi connectivity index (χ2n) is 6.26. The standard InChI is InChI=1S/C20H24O5/c1-2-24-16-8-6-13(7-9-16)10-14-4-3-5-15(11-14)20-19(23)18(22)17(12-21)25-20/h3-9,11,17-23H,2,10,12H2,1H3/t17-,18-,19+,20-/m0/s1. The number of rotatable bonds is 6. The van der Waals surface area contributed by atoms with E-state index < -0.39 is 24.4 Å². The Balaban J connectivity index is 1.73. The van der Waals surface area contributed by atoms with Crippen LogP contribution in [0.1, 0.15) is 29.7 Å². The van der Waals surface area contributed by atoms with Crippen LogP contribution in [0.2, 0.25) is 0 Å². The smallest absolute Gasteiger partial charge is 0.119 e. The van der Waals surface area contributed by atoms with E-state index in [4.69, 9.17) is 9.47 Å². The summed E-state index contributed by atoms with van der Waals surface area (Å²) in [6.07, 6.45) is -2.76. The third-order valence-electron chi connectivity index (χ3n) is 4.46. The molecule has 3 N–H and O–H groups in total. The molecule has 0 spiro atoms. The van der Waals surface area contributed by atoms with Gasteiger partial charge in [-0.15, -0.1) is 0 Å². The molecule has 25 heavy (non-hydrogen) atoms. The summed E-state index contributed by atoms with van der Waals surface area (Å²) >= 11 is 0. The lowest BCUT2D eigenvalue weighted by Crippen LogP contribution is -2.32. The van der Waals surface area contributed by atoms with E-state index in [0.29, 0.717) is 6.61 Å². The molecule has 0 unspecified atom stereocenters. The molecule has 3 rings (SSSR count). The fourth-order valence-corrected chi connectivity index (χ4v) is 3.16. The summed E-state index contributed by atoms with van der Waals surface area (Å²) in [5, 5.41) is 29.3. The van der Waals surface area contributed by atoms with Crippen molar-refractivity contribution >= 4 is 0 Å². The van der Waals surface area contributed by atoms with Crippen LogP contribution in [0.3, 0.4) is 0 Å². The summed E-state index contributed by atoms with van der Waals surface area (Å²) < 4.78 is 11.1. The summed E-state index contributed by atoms with van der Waals surface area (Å²) in [6, 6.07) is 15.7. The van der Waals surface area contributed by atoms with Gasteiger partial charge in [0.2, 0.25) is 0 Å². The molecule has 1 fully saturated rings. The summed E-state index contributed by atoms with van der Waals surface area (Å²) in [4.78, 5) is 0. The second-order valence-corrected chi connectivity index (χ2v) is 6.26. The zero-order valence-corrected chi connectivity index (χ0v) is 14.2. The van der Waals surface area contributed by atoms with Crippen molar-refractivity contribution in [3.63, 3.8) is 0 Å². The zero-order valence-electron chi connectivity index (χ0n) is 14.2. The number of hydrogen-bond acceptors (Lipinski definition) is 5. The van der Waals surface area contributed by atoms with Gasteiger partial charge in [-0.25, -0.2) is 0 Å². The molecule has 0 amide bonds. The molecule has 0 aliphatic carbocycles. The Kier molecular flexibility index (Phi) is 5.71. The van der Waals surface area contributed by atoms with Gasteiger partial charge in [-0.2, -0.15) is 0 Å². The molecule has 2 aromatic rings. The summed E-state index contributed by atoms with van der Waals surface area (Å²) in [7, 11) is 0. The van der Waals surface area contributed by atoms with Gasteiger partial charge in [0.05, 0.1) is 13.2 Å². The maximum atomic E-state index is 10.2. The fourth-order valence-electron chi connectivity index (χ4n) is 3.16. The van der Waals surface area contributed by atoms with Gasteiger partial charge < -0.3 is 24.8 Å². The summed E-state index contributed by atoms with van der Waals surface area (Å²) in [5.74, 6) is 0.853. The third kappa shape index (κ3) is 4.02. The molecular weight excluding hydrogens is 320 g/mol. The van der Waals surface area contributed by atoms with Gasteiger partial charge in [0.1, 0.15) is 30.2 Å². The predicted molar refractivity (Wildman–Crippen MR) is 93.6 cm³/mol. The molecule has 1 heterocycles. The Hall–Kier alpha value is -1.92. The van der Waals surface area contributed by atoms with Crippen molar-refractivity contribution in [2.24, 2.45) is 0 Å². The van der Waals surface area contributed by atoms with Gasteiger partial charge in [-0.05, 0) is 42.2 Å². The molecular formula is C20H24O5. The van der Waals surface area contributed by atoms with E-state index in [-0.39, 0.29) is 6.61 Å². The Morgan fingerprint density at radius 3 is 2.40 bits per heavy atom. The normalized spacial score (nSPS) is 25.9. The largest absolute Gasteiger partial charge is 0.494 e. The SMILES string of the molecule is CCOc1ccc(Cc2cccc([C@@H]3O[C@@H](CO)[C@H](O)[C@H]3O)c2)cc1.